The number of nitro benzene ring substituents is 1. The molecule has 110 valence electrons. The van der Waals surface area contributed by atoms with Gasteiger partial charge in [-0.15, -0.1) is 0 Å². The van der Waals surface area contributed by atoms with Gasteiger partial charge in [-0.3, -0.25) is 10.1 Å². The Morgan fingerprint density at radius 3 is 2.24 bits per heavy atom. The fourth-order valence-electron chi connectivity index (χ4n) is 1.69. The van der Waals surface area contributed by atoms with Gasteiger partial charge in [-0.2, -0.15) is 0 Å². The Kier molecular flexibility index (Phi) is 4.93. The van der Waals surface area contributed by atoms with E-state index in [9.17, 15) is 10.1 Å². The minimum absolute atomic E-state index is 0.0331. The number of nitrogens with zero attached hydrogens (tertiary/aromatic N) is 1. The summed E-state index contributed by atoms with van der Waals surface area (Å²) in [5.41, 5.74) is -0.0331. The summed E-state index contributed by atoms with van der Waals surface area (Å²) in [5.74, 6) is 1.24. The van der Waals surface area contributed by atoms with Crippen LogP contribution in [0, 0.1) is 10.1 Å². The molecule has 0 fully saturated rings. The van der Waals surface area contributed by atoms with Crippen LogP contribution in [0.2, 0.25) is 5.02 Å². The third-order valence-corrected chi connectivity index (χ3v) is 3.94. The molecule has 0 aromatic heterocycles. The van der Waals surface area contributed by atoms with Crippen molar-refractivity contribution >= 4 is 29.1 Å². The van der Waals surface area contributed by atoms with Gasteiger partial charge in [0.15, 0.2) is 0 Å². The lowest BCUT2D eigenvalue weighted by Gasteiger charge is -2.08. The SMILES string of the molecule is COc1cc(OC)cc(Sc2ccc(Cl)cc2[N+](=O)[O-])c1. The van der Waals surface area contributed by atoms with Crippen LogP contribution in [0.4, 0.5) is 5.69 Å². The van der Waals surface area contributed by atoms with E-state index in [1.807, 2.05) is 0 Å². The van der Waals surface area contributed by atoms with Gasteiger partial charge in [0.05, 0.1) is 24.0 Å². The zero-order chi connectivity index (χ0) is 15.4. The van der Waals surface area contributed by atoms with Gasteiger partial charge in [0, 0.05) is 22.1 Å². The lowest BCUT2D eigenvalue weighted by Crippen LogP contribution is -1.91. The van der Waals surface area contributed by atoms with E-state index in [2.05, 4.69) is 0 Å². The molecule has 0 saturated heterocycles. The van der Waals surface area contributed by atoms with E-state index < -0.39 is 4.92 Å². The Morgan fingerprint density at radius 1 is 1.10 bits per heavy atom. The van der Waals surface area contributed by atoms with Crippen LogP contribution >= 0.6 is 23.4 Å². The van der Waals surface area contributed by atoms with Crippen LogP contribution in [-0.4, -0.2) is 19.1 Å². The summed E-state index contributed by atoms with van der Waals surface area (Å²) in [6.07, 6.45) is 0. The Hall–Kier alpha value is -1.92. The number of halogens is 1. The third-order valence-electron chi connectivity index (χ3n) is 2.67. The van der Waals surface area contributed by atoms with Crippen molar-refractivity contribution in [1.29, 1.82) is 0 Å². The normalized spacial score (nSPS) is 10.2. The van der Waals surface area contributed by atoms with E-state index in [4.69, 9.17) is 21.1 Å². The average molecular weight is 326 g/mol. The first-order chi connectivity index (χ1) is 10.0. The first-order valence-electron chi connectivity index (χ1n) is 5.88. The molecule has 0 aliphatic rings. The molecule has 0 spiro atoms. The van der Waals surface area contributed by atoms with Crippen molar-refractivity contribution in [1.82, 2.24) is 0 Å². The monoisotopic (exact) mass is 325 g/mol. The summed E-state index contributed by atoms with van der Waals surface area (Å²) in [7, 11) is 3.10. The van der Waals surface area contributed by atoms with Gasteiger partial charge in [0.1, 0.15) is 11.5 Å². The summed E-state index contributed by atoms with van der Waals surface area (Å²) < 4.78 is 10.4. The highest BCUT2D eigenvalue weighted by Gasteiger charge is 2.16. The van der Waals surface area contributed by atoms with Crippen molar-refractivity contribution in [2.24, 2.45) is 0 Å². The summed E-state index contributed by atoms with van der Waals surface area (Å²) in [6, 6.07) is 9.88. The molecule has 0 bridgehead atoms. The maximum Gasteiger partial charge on any atom is 0.284 e. The Morgan fingerprint density at radius 2 is 1.71 bits per heavy atom. The van der Waals surface area contributed by atoms with Gasteiger partial charge in [-0.05, 0) is 24.3 Å². The number of hydrogen-bond acceptors (Lipinski definition) is 5. The fourth-order valence-corrected chi connectivity index (χ4v) is 2.83. The lowest BCUT2D eigenvalue weighted by atomic mass is 10.3. The molecule has 2 aromatic rings. The third kappa shape index (κ3) is 3.80. The lowest BCUT2D eigenvalue weighted by molar-refractivity contribution is -0.387. The summed E-state index contributed by atoms with van der Waals surface area (Å²) in [5, 5.41) is 11.4. The maximum atomic E-state index is 11.1. The van der Waals surface area contributed by atoms with E-state index in [0.29, 0.717) is 21.4 Å². The van der Waals surface area contributed by atoms with Gasteiger partial charge in [0.2, 0.25) is 0 Å². The summed E-state index contributed by atoms with van der Waals surface area (Å²) in [6.45, 7) is 0. The van der Waals surface area contributed by atoms with E-state index in [-0.39, 0.29) is 5.69 Å². The smallest absolute Gasteiger partial charge is 0.284 e. The number of hydrogen-bond donors (Lipinski definition) is 0. The molecule has 7 heteroatoms. The largest absolute Gasteiger partial charge is 0.497 e. The predicted molar refractivity (Wildman–Crippen MR) is 81.8 cm³/mol. The van der Waals surface area contributed by atoms with Gasteiger partial charge in [-0.25, -0.2) is 0 Å². The van der Waals surface area contributed by atoms with Crippen LogP contribution in [0.25, 0.3) is 0 Å². The molecule has 21 heavy (non-hydrogen) atoms. The quantitative estimate of drug-likeness (QED) is 0.601. The molecule has 0 aliphatic carbocycles. The van der Waals surface area contributed by atoms with Crippen molar-refractivity contribution in [3.05, 3.63) is 51.5 Å². The van der Waals surface area contributed by atoms with Crippen LogP contribution < -0.4 is 9.47 Å². The fraction of sp³-hybridized carbons (Fsp3) is 0.143. The average Bonchev–Trinajstić information content (AvgIpc) is 2.48. The van der Waals surface area contributed by atoms with Crippen molar-refractivity contribution in [3.8, 4) is 11.5 Å². The second kappa shape index (κ2) is 6.69. The number of methoxy groups -OCH3 is 2. The molecule has 0 amide bonds. The van der Waals surface area contributed by atoms with Crippen LogP contribution in [0.1, 0.15) is 0 Å². The molecule has 0 radical (unpaired) electrons. The number of nitro groups is 1. The van der Waals surface area contributed by atoms with Gasteiger partial charge in [0.25, 0.3) is 5.69 Å². The van der Waals surface area contributed by atoms with Crippen molar-refractivity contribution in [2.45, 2.75) is 9.79 Å². The molecule has 2 aromatic carbocycles. The minimum Gasteiger partial charge on any atom is -0.497 e. The summed E-state index contributed by atoms with van der Waals surface area (Å²) >= 11 is 7.06. The van der Waals surface area contributed by atoms with E-state index in [1.165, 1.54) is 17.8 Å². The number of benzene rings is 2. The zero-order valence-electron chi connectivity index (χ0n) is 11.3. The van der Waals surface area contributed by atoms with Crippen LogP contribution in [0.5, 0.6) is 11.5 Å². The van der Waals surface area contributed by atoms with Gasteiger partial charge >= 0.3 is 0 Å². The number of rotatable bonds is 5. The highest BCUT2D eigenvalue weighted by atomic mass is 35.5. The Labute approximate surface area is 131 Å². The second-order valence-electron chi connectivity index (χ2n) is 4.02. The highest BCUT2D eigenvalue weighted by molar-refractivity contribution is 7.99. The first-order valence-corrected chi connectivity index (χ1v) is 7.08. The van der Waals surface area contributed by atoms with Gasteiger partial charge in [-0.1, -0.05) is 23.4 Å². The Bertz CT molecular complexity index is 656. The molecule has 0 N–H and O–H groups in total. The van der Waals surface area contributed by atoms with Crippen LogP contribution in [-0.2, 0) is 0 Å². The highest BCUT2D eigenvalue weighted by Crippen LogP contribution is 2.39. The van der Waals surface area contributed by atoms with Gasteiger partial charge < -0.3 is 9.47 Å². The van der Waals surface area contributed by atoms with Crippen molar-refractivity contribution in [2.75, 3.05) is 14.2 Å². The standard InChI is InChI=1S/C14H12ClNO4S/c1-19-10-6-11(20-2)8-12(7-10)21-14-4-3-9(15)5-13(14)16(17)18/h3-8H,1-2H3. The second-order valence-corrected chi connectivity index (χ2v) is 5.57. The molecular formula is C14H12ClNO4S. The molecular weight excluding hydrogens is 314 g/mol. The van der Waals surface area contributed by atoms with E-state index >= 15 is 0 Å². The van der Waals surface area contributed by atoms with E-state index in [1.54, 1.807) is 44.6 Å². The molecule has 0 aliphatic heterocycles. The van der Waals surface area contributed by atoms with Crippen molar-refractivity contribution in [3.63, 3.8) is 0 Å². The first kappa shape index (κ1) is 15.5. The van der Waals surface area contributed by atoms with Crippen LogP contribution in [0.3, 0.4) is 0 Å². The maximum absolute atomic E-state index is 11.1. The Balaban J connectivity index is 2.40. The minimum atomic E-state index is -0.453. The molecule has 0 atom stereocenters. The topological polar surface area (TPSA) is 61.6 Å². The van der Waals surface area contributed by atoms with Crippen LogP contribution in [0.15, 0.2) is 46.2 Å². The zero-order valence-corrected chi connectivity index (χ0v) is 12.9. The predicted octanol–water partition coefficient (Wildman–Crippen LogP) is 4.42. The number of ether oxygens (including phenoxy) is 2. The molecule has 0 heterocycles. The molecule has 5 nitrogen and oxygen atoms in total. The summed E-state index contributed by atoms with van der Waals surface area (Å²) in [4.78, 5) is 11.9. The molecule has 0 saturated carbocycles. The van der Waals surface area contributed by atoms with E-state index in [0.717, 1.165) is 4.90 Å². The molecule has 0 unspecified atom stereocenters. The molecule has 2 rings (SSSR count). The van der Waals surface area contributed by atoms with Crippen molar-refractivity contribution < 1.29 is 14.4 Å².